The summed E-state index contributed by atoms with van der Waals surface area (Å²) in [6.45, 7) is 6.49. The number of amides is 3. The van der Waals surface area contributed by atoms with Crippen molar-refractivity contribution in [2.45, 2.75) is 45.2 Å². The average molecular weight is 599 g/mol. The third kappa shape index (κ3) is 5.15. The van der Waals surface area contributed by atoms with Crippen LogP contribution in [0, 0.1) is 17.2 Å². The van der Waals surface area contributed by atoms with E-state index < -0.39 is 29.3 Å². The molecule has 0 bridgehead atoms. The summed E-state index contributed by atoms with van der Waals surface area (Å²) in [5.74, 6) is -2.43. The lowest BCUT2D eigenvalue weighted by Crippen LogP contribution is -2.47. The molecule has 1 saturated heterocycles. The lowest BCUT2D eigenvalue weighted by atomic mass is 9.63. The van der Waals surface area contributed by atoms with Gasteiger partial charge in [-0.15, -0.1) is 0 Å². The zero-order chi connectivity index (χ0) is 29.7. The van der Waals surface area contributed by atoms with Gasteiger partial charge in [0.2, 0.25) is 5.91 Å². The lowest BCUT2D eigenvalue weighted by molar-refractivity contribution is -0.123. The summed E-state index contributed by atoms with van der Waals surface area (Å²) in [7, 11) is 0. The van der Waals surface area contributed by atoms with Gasteiger partial charge in [0.25, 0.3) is 0 Å². The molecule has 0 unspecified atom stereocenters. The number of carbonyl (C=O) groups is 3. The van der Waals surface area contributed by atoms with E-state index in [4.69, 9.17) is 23.2 Å². The third-order valence-corrected chi connectivity index (χ3v) is 8.42. The Kier molecular flexibility index (Phi) is 7.51. The first-order valence-electron chi connectivity index (χ1n) is 13.2. The normalized spacial score (nSPS) is 21.6. The van der Waals surface area contributed by atoms with Gasteiger partial charge in [0.05, 0.1) is 16.6 Å². The molecular formula is C31H30Cl2FN3O4. The molecule has 10 heteroatoms. The topological polar surface area (TPSA) is 98.7 Å². The van der Waals surface area contributed by atoms with E-state index in [0.29, 0.717) is 28.3 Å². The Morgan fingerprint density at radius 1 is 1.12 bits per heavy atom. The van der Waals surface area contributed by atoms with Gasteiger partial charge in [-0.05, 0) is 59.2 Å². The molecule has 5 rings (SSSR count). The van der Waals surface area contributed by atoms with Crippen LogP contribution in [0.4, 0.5) is 14.9 Å². The molecule has 3 N–H and O–H groups in total. The highest BCUT2D eigenvalue weighted by atomic mass is 35.5. The number of fused-ring (bicyclic) bond motifs is 2. The molecule has 41 heavy (non-hydrogen) atoms. The maximum Gasteiger partial charge on any atom is 0.335 e. The van der Waals surface area contributed by atoms with Crippen LogP contribution in [0.2, 0.25) is 10.0 Å². The SMILES string of the molecule is CC(C)(C)C[C@@H]1CN(C(=O)NCc2ccc(C(=O)O)cc2)[C@H](c2cccc(Cl)c2F)[C@]12C(=O)Nc1cc(Cl)ccc12. The molecule has 214 valence electrons. The van der Waals surface area contributed by atoms with E-state index in [1.807, 2.05) is 0 Å². The van der Waals surface area contributed by atoms with Gasteiger partial charge in [-0.2, -0.15) is 0 Å². The van der Waals surface area contributed by atoms with E-state index in [1.54, 1.807) is 42.5 Å². The van der Waals surface area contributed by atoms with Crippen molar-refractivity contribution in [1.29, 1.82) is 0 Å². The first-order valence-corrected chi connectivity index (χ1v) is 14.0. The Labute approximate surface area is 247 Å². The fourth-order valence-electron chi connectivity index (χ4n) is 6.32. The largest absolute Gasteiger partial charge is 0.478 e. The van der Waals surface area contributed by atoms with Gasteiger partial charge in [-0.25, -0.2) is 14.0 Å². The summed E-state index contributed by atoms with van der Waals surface area (Å²) in [6.07, 6.45) is 0.571. The molecule has 1 spiro atoms. The van der Waals surface area contributed by atoms with Gasteiger partial charge in [0.1, 0.15) is 11.2 Å². The molecule has 7 nitrogen and oxygen atoms in total. The molecule has 2 aliphatic heterocycles. The number of likely N-dealkylation sites (tertiary alicyclic amines) is 1. The summed E-state index contributed by atoms with van der Waals surface area (Å²) in [4.78, 5) is 40.8. The van der Waals surface area contributed by atoms with Gasteiger partial charge in [-0.3, -0.25) is 4.79 Å². The summed E-state index contributed by atoms with van der Waals surface area (Å²) >= 11 is 12.5. The maximum absolute atomic E-state index is 15.8. The van der Waals surface area contributed by atoms with Gasteiger partial charge < -0.3 is 20.6 Å². The fraction of sp³-hybridized carbons (Fsp3) is 0.323. The number of carboxylic acids is 1. The first-order chi connectivity index (χ1) is 19.3. The monoisotopic (exact) mass is 597 g/mol. The molecule has 3 atom stereocenters. The van der Waals surface area contributed by atoms with Crippen LogP contribution in [-0.2, 0) is 16.8 Å². The second-order valence-electron chi connectivity index (χ2n) is 11.8. The van der Waals surface area contributed by atoms with E-state index in [0.717, 1.165) is 0 Å². The van der Waals surface area contributed by atoms with Crippen LogP contribution < -0.4 is 10.6 Å². The number of carbonyl (C=O) groups excluding carboxylic acids is 2. The second kappa shape index (κ2) is 10.7. The average Bonchev–Trinajstić information content (AvgIpc) is 3.38. The van der Waals surface area contributed by atoms with Crippen LogP contribution in [0.3, 0.4) is 0 Å². The van der Waals surface area contributed by atoms with Crippen molar-refractivity contribution in [3.05, 3.63) is 98.8 Å². The maximum atomic E-state index is 15.8. The highest BCUT2D eigenvalue weighted by Crippen LogP contribution is 2.60. The third-order valence-electron chi connectivity index (χ3n) is 7.90. The van der Waals surface area contributed by atoms with Crippen LogP contribution in [0.15, 0.2) is 60.7 Å². The van der Waals surface area contributed by atoms with E-state index in [9.17, 15) is 19.5 Å². The van der Waals surface area contributed by atoms with Crippen molar-refractivity contribution >= 4 is 46.8 Å². The molecule has 2 heterocycles. The van der Waals surface area contributed by atoms with Crippen molar-refractivity contribution in [3.8, 4) is 0 Å². The van der Waals surface area contributed by atoms with Crippen LogP contribution in [0.1, 0.15) is 60.3 Å². The van der Waals surface area contributed by atoms with Gasteiger partial charge in [0.15, 0.2) is 0 Å². The van der Waals surface area contributed by atoms with Crippen molar-refractivity contribution in [2.24, 2.45) is 11.3 Å². The molecule has 2 aliphatic rings. The van der Waals surface area contributed by atoms with Crippen molar-refractivity contribution in [1.82, 2.24) is 10.2 Å². The molecule has 0 aliphatic carbocycles. The Balaban J connectivity index is 1.62. The number of aromatic carboxylic acids is 1. The zero-order valence-electron chi connectivity index (χ0n) is 22.8. The number of nitrogens with one attached hydrogen (secondary N) is 2. The highest BCUT2D eigenvalue weighted by molar-refractivity contribution is 6.31. The Morgan fingerprint density at radius 3 is 2.49 bits per heavy atom. The number of rotatable bonds is 5. The van der Waals surface area contributed by atoms with Gasteiger partial charge in [0, 0.05) is 29.4 Å². The molecule has 3 aromatic carbocycles. The smallest absolute Gasteiger partial charge is 0.335 e. The Morgan fingerprint density at radius 2 is 1.83 bits per heavy atom. The van der Waals surface area contributed by atoms with Gasteiger partial charge in [-0.1, -0.05) is 74.3 Å². The molecule has 0 radical (unpaired) electrons. The van der Waals surface area contributed by atoms with E-state index >= 15 is 4.39 Å². The summed E-state index contributed by atoms with van der Waals surface area (Å²) in [5.41, 5.74) is 0.636. The lowest BCUT2D eigenvalue weighted by Gasteiger charge is -2.38. The van der Waals surface area contributed by atoms with Crippen LogP contribution in [0.25, 0.3) is 0 Å². The number of nitrogens with zero attached hydrogens (tertiary/aromatic N) is 1. The predicted octanol–water partition coefficient (Wildman–Crippen LogP) is 7.04. The fourth-order valence-corrected chi connectivity index (χ4v) is 6.67. The summed E-state index contributed by atoms with van der Waals surface area (Å²) in [6, 6.07) is 14.4. The number of hydrogen-bond acceptors (Lipinski definition) is 3. The van der Waals surface area contributed by atoms with Crippen molar-refractivity contribution < 1.29 is 23.9 Å². The minimum Gasteiger partial charge on any atom is -0.478 e. The quantitative estimate of drug-likeness (QED) is 0.294. The number of anilines is 1. The predicted molar refractivity (Wildman–Crippen MR) is 156 cm³/mol. The molecule has 0 aromatic heterocycles. The van der Waals surface area contributed by atoms with Crippen LogP contribution in [-0.4, -0.2) is 34.5 Å². The van der Waals surface area contributed by atoms with E-state index in [-0.39, 0.29) is 46.5 Å². The minimum atomic E-state index is -1.31. The van der Waals surface area contributed by atoms with Crippen molar-refractivity contribution in [3.63, 3.8) is 0 Å². The number of halogens is 3. The van der Waals surface area contributed by atoms with E-state index in [2.05, 4.69) is 31.4 Å². The molecule has 0 saturated carbocycles. The number of carboxylic acid groups (broad SMARTS) is 1. The van der Waals surface area contributed by atoms with Crippen LogP contribution >= 0.6 is 23.2 Å². The molecule has 1 fully saturated rings. The minimum absolute atomic E-state index is 0.106. The van der Waals surface area contributed by atoms with Crippen molar-refractivity contribution in [2.75, 3.05) is 11.9 Å². The molecule has 3 amide bonds. The standard InChI is InChI=1S/C31H30Cl2FN3O4/c1-30(2,3)14-19-16-37(29(41)35-15-17-7-9-18(10-8-17)27(38)39)26(21-5-4-6-23(33)25(21)34)31(19)22-12-11-20(32)13-24(22)36-28(31)40/h4-13,19,26H,14-16H2,1-3H3,(H,35,41)(H,36,40)(H,38,39)/t19-,26-,31+/m1/s1. The number of urea groups is 1. The van der Waals surface area contributed by atoms with Crippen LogP contribution in [0.5, 0.6) is 0 Å². The number of benzene rings is 3. The zero-order valence-corrected chi connectivity index (χ0v) is 24.3. The Bertz CT molecular complexity index is 1540. The van der Waals surface area contributed by atoms with Gasteiger partial charge >= 0.3 is 12.0 Å². The highest BCUT2D eigenvalue weighted by Gasteiger charge is 2.65. The molecule has 3 aromatic rings. The second-order valence-corrected chi connectivity index (χ2v) is 12.7. The summed E-state index contributed by atoms with van der Waals surface area (Å²) < 4.78 is 15.8. The molecular weight excluding hydrogens is 568 g/mol. The Hall–Kier alpha value is -3.62. The van der Waals surface area contributed by atoms with E-state index in [1.165, 1.54) is 23.1 Å². The first kappa shape index (κ1) is 28.9. The number of hydrogen-bond donors (Lipinski definition) is 3. The summed E-state index contributed by atoms with van der Waals surface area (Å²) in [5, 5.41) is 15.4.